The molecule has 1 aromatic rings. The van der Waals surface area contributed by atoms with Crippen LogP contribution in [0.1, 0.15) is 31.4 Å². The molecule has 72 valence electrons. The van der Waals surface area contributed by atoms with Crippen molar-refractivity contribution >= 4 is 22.6 Å². The van der Waals surface area contributed by atoms with Gasteiger partial charge in [-0.1, -0.05) is 13.3 Å². The first-order valence-corrected chi connectivity index (χ1v) is 5.36. The molecule has 4 heteroatoms. The zero-order valence-electron chi connectivity index (χ0n) is 7.51. The number of rotatable bonds is 3. The van der Waals surface area contributed by atoms with E-state index in [9.17, 15) is 4.79 Å². The average molecular weight is 292 g/mol. The minimum Gasteiger partial charge on any atom is -0.328 e. The molecule has 0 amide bonds. The predicted molar refractivity (Wildman–Crippen MR) is 61.6 cm³/mol. The van der Waals surface area contributed by atoms with Crippen molar-refractivity contribution in [1.82, 2.24) is 4.98 Å². The molecule has 1 heterocycles. The van der Waals surface area contributed by atoms with Crippen molar-refractivity contribution in [3.63, 3.8) is 0 Å². The summed E-state index contributed by atoms with van der Waals surface area (Å²) in [6.45, 7) is 2.06. The van der Waals surface area contributed by atoms with Crippen LogP contribution in [0.3, 0.4) is 0 Å². The molecular formula is C9H13IN2O. The highest BCUT2D eigenvalue weighted by Crippen LogP contribution is 2.13. The van der Waals surface area contributed by atoms with E-state index in [0.717, 1.165) is 16.4 Å². The van der Waals surface area contributed by atoms with Crippen molar-refractivity contribution in [1.29, 1.82) is 0 Å². The van der Waals surface area contributed by atoms with Crippen molar-refractivity contribution < 1.29 is 0 Å². The van der Waals surface area contributed by atoms with E-state index in [1.807, 2.05) is 6.07 Å². The second-order valence-corrected chi connectivity index (χ2v) is 4.24. The van der Waals surface area contributed by atoms with Crippen molar-refractivity contribution in [3.05, 3.63) is 31.8 Å². The first-order valence-electron chi connectivity index (χ1n) is 4.29. The fourth-order valence-corrected chi connectivity index (χ4v) is 1.71. The monoisotopic (exact) mass is 292 g/mol. The highest BCUT2D eigenvalue weighted by Gasteiger charge is 2.09. The van der Waals surface area contributed by atoms with Gasteiger partial charge in [-0.2, -0.15) is 0 Å². The smallest absolute Gasteiger partial charge is 0.252 e. The Hall–Kier alpha value is -0.360. The Morgan fingerprint density at radius 2 is 2.38 bits per heavy atom. The molecule has 0 aliphatic heterocycles. The Morgan fingerprint density at radius 3 is 3.00 bits per heavy atom. The van der Waals surface area contributed by atoms with Gasteiger partial charge in [0, 0.05) is 21.4 Å². The van der Waals surface area contributed by atoms with Gasteiger partial charge in [-0.15, -0.1) is 0 Å². The molecule has 0 bridgehead atoms. The van der Waals surface area contributed by atoms with E-state index in [1.54, 1.807) is 6.20 Å². The second-order valence-electron chi connectivity index (χ2n) is 3.00. The van der Waals surface area contributed by atoms with Crippen molar-refractivity contribution in [2.45, 2.75) is 25.8 Å². The summed E-state index contributed by atoms with van der Waals surface area (Å²) in [7, 11) is 0. The van der Waals surface area contributed by atoms with Gasteiger partial charge >= 0.3 is 0 Å². The number of nitrogens with one attached hydrogen (secondary N) is 1. The van der Waals surface area contributed by atoms with Crippen molar-refractivity contribution in [3.8, 4) is 0 Å². The summed E-state index contributed by atoms with van der Waals surface area (Å²) >= 11 is 2.16. The number of hydrogen-bond donors (Lipinski definition) is 2. The van der Waals surface area contributed by atoms with Crippen LogP contribution in [0.4, 0.5) is 0 Å². The second kappa shape index (κ2) is 4.76. The van der Waals surface area contributed by atoms with Crippen molar-refractivity contribution in [2.24, 2.45) is 5.73 Å². The van der Waals surface area contributed by atoms with Gasteiger partial charge in [-0.3, -0.25) is 4.79 Å². The maximum atomic E-state index is 11.3. The van der Waals surface area contributed by atoms with Crippen LogP contribution in [-0.4, -0.2) is 4.98 Å². The van der Waals surface area contributed by atoms with Gasteiger partial charge in [0.25, 0.3) is 5.56 Å². The minimum atomic E-state index is -0.136. The maximum Gasteiger partial charge on any atom is 0.252 e. The fourth-order valence-electron chi connectivity index (χ4n) is 1.22. The average Bonchev–Trinajstić information content (AvgIpc) is 2.09. The lowest BCUT2D eigenvalue weighted by molar-refractivity contribution is 0.631. The molecule has 1 rings (SSSR count). The third-order valence-electron chi connectivity index (χ3n) is 1.90. The Morgan fingerprint density at radius 1 is 1.69 bits per heavy atom. The molecule has 0 aliphatic carbocycles. The molecule has 0 aromatic carbocycles. The molecule has 0 aliphatic rings. The molecule has 0 saturated carbocycles. The lowest BCUT2D eigenvalue weighted by Gasteiger charge is -2.09. The number of aromatic amines is 1. The molecule has 1 atom stereocenters. The lowest BCUT2D eigenvalue weighted by atomic mass is 10.1. The Labute approximate surface area is 90.9 Å². The van der Waals surface area contributed by atoms with E-state index >= 15 is 0 Å². The quantitative estimate of drug-likeness (QED) is 0.834. The van der Waals surface area contributed by atoms with Crippen LogP contribution >= 0.6 is 22.6 Å². The summed E-state index contributed by atoms with van der Waals surface area (Å²) in [5.41, 5.74) is 6.47. The number of hydrogen-bond acceptors (Lipinski definition) is 2. The van der Waals surface area contributed by atoms with Gasteiger partial charge in [0.05, 0.1) is 0 Å². The molecule has 0 radical (unpaired) electrons. The van der Waals surface area contributed by atoms with Gasteiger partial charge in [0.15, 0.2) is 0 Å². The fraction of sp³-hybridized carbons (Fsp3) is 0.444. The summed E-state index contributed by atoms with van der Waals surface area (Å²) in [6.07, 6.45) is 3.53. The first-order chi connectivity index (χ1) is 6.15. The van der Waals surface area contributed by atoms with Crippen LogP contribution in [0.5, 0.6) is 0 Å². The molecule has 0 spiro atoms. The largest absolute Gasteiger partial charge is 0.328 e. The number of H-pyrrole nitrogens is 1. The van der Waals surface area contributed by atoms with E-state index in [-0.39, 0.29) is 11.6 Å². The van der Waals surface area contributed by atoms with Crippen LogP contribution in [0.2, 0.25) is 0 Å². The van der Waals surface area contributed by atoms with E-state index in [2.05, 4.69) is 34.5 Å². The van der Waals surface area contributed by atoms with Crippen molar-refractivity contribution in [2.75, 3.05) is 0 Å². The maximum absolute atomic E-state index is 11.3. The third kappa shape index (κ3) is 2.80. The van der Waals surface area contributed by atoms with E-state index in [0.29, 0.717) is 5.56 Å². The predicted octanol–water partition coefficient (Wildman–Crippen LogP) is 1.78. The highest BCUT2D eigenvalue weighted by molar-refractivity contribution is 14.1. The molecule has 3 N–H and O–H groups in total. The molecule has 0 saturated heterocycles. The molecule has 13 heavy (non-hydrogen) atoms. The normalized spacial score (nSPS) is 12.8. The Balaban J connectivity index is 2.99. The molecular weight excluding hydrogens is 279 g/mol. The Bertz CT molecular complexity index is 335. The zero-order chi connectivity index (χ0) is 9.84. The summed E-state index contributed by atoms with van der Waals surface area (Å²) < 4.78 is 1.01. The van der Waals surface area contributed by atoms with Gasteiger partial charge in [0.1, 0.15) is 0 Å². The Kier molecular flexibility index (Phi) is 3.92. The van der Waals surface area contributed by atoms with Crippen LogP contribution in [0.25, 0.3) is 0 Å². The topological polar surface area (TPSA) is 58.9 Å². The highest BCUT2D eigenvalue weighted by atomic mass is 127. The number of aromatic nitrogens is 1. The van der Waals surface area contributed by atoms with Gasteiger partial charge < -0.3 is 10.7 Å². The summed E-state index contributed by atoms with van der Waals surface area (Å²) in [5, 5.41) is 0. The third-order valence-corrected chi connectivity index (χ3v) is 2.52. The summed E-state index contributed by atoms with van der Waals surface area (Å²) in [4.78, 5) is 14.0. The molecule has 3 nitrogen and oxygen atoms in total. The van der Waals surface area contributed by atoms with Gasteiger partial charge in [0.2, 0.25) is 0 Å². The van der Waals surface area contributed by atoms with Crippen LogP contribution in [0.15, 0.2) is 17.1 Å². The zero-order valence-corrected chi connectivity index (χ0v) is 9.67. The van der Waals surface area contributed by atoms with E-state index in [1.165, 1.54) is 0 Å². The summed E-state index contributed by atoms with van der Waals surface area (Å²) in [5.74, 6) is 0. The summed E-state index contributed by atoms with van der Waals surface area (Å²) in [6, 6.07) is 1.71. The minimum absolute atomic E-state index is 0.0682. The molecule has 1 aromatic heterocycles. The van der Waals surface area contributed by atoms with E-state index in [4.69, 9.17) is 5.73 Å². The molecule has 1 unspecified atom stereocenters. The van der Waals surface area contributed by atoms with E-state index < -0.39 is 0 Å². The van der Waals surface area contributed by atoms with Crippen LogP contribution in [-0.2, 0) is 0 Å². The number of halogens is 1. The lowest BCUT2D eigenvalue weighted by Crippen LogP contribution is -2.21. The molecule has 0 fully saturated rings. The standard InChI is InChI=1S/C9H13IN2O/c1-2-3-8(11)7-4-6(10)5-12-9(7)13/h4-5,8H,2-3,11H2,1H3,(H,12,13). The van der Waals surface area contributed by atoms with Crippen LogP contribution < -0.4 is 11.3 Å². The number of pyridine rings is 1. The van der Waals surface area contributed by atoms with Gasteiger partial charge in [-0.05, 0) is 35.1 Å². The first kappa shape index (κ1) is 10.7. The SMILES string of the molecule is CCCC(N)c1cc(I)c[nH]c1=O. The number of nitrogens with two attached hydrogens (primary N) is 1. The van der Waals surface area contributed by atoms with Gasteiger partial charge in [-0.25, -0.2) is 0 Å². The van der Waals surface area contributed by atoms with Crippen LogP contribution in [0, 0.1) is 3.57 Å².